The van der Waals surface area contributed by atoms with Crippen molar-refractivity contribution >= 4 is 5.91 Å². The number of benzene rings is 1. The van der Waals surface area contributed by atoms with E-state index in [0.29, 0.717) is 11.3 Å². The number of carbonyl (C=O) groups is 1. The molecular formula is C17H25NO2. The summed E-state index contributed by atoms with van der Waals surface area (Å²) in [7, 11) is 1.84. The predicted molar refractivity (Wildman–Crippen MR) is 80.8 cm³/mol. The van der Waals surface area contributed by atoms with E-state index in [1.807, 2.05) is 31.3 Å². The van der Waals surface area contributed by atoms with E-state index < -0.39 is 5.72 Å². The normalized spacial score (nSPS) is 18.6. The van der Waals surface area contributed by atoms with Gasteiger partial charge in [0, 0.05) is 17.9 Å². The Morgan fingerprint density at radius 2 is 1.50 bits per heavy atom. The molecule has 1 heterocycles. The minimum atomic E-state index is -0.689. The van der Waals surface area contributed by atoms with Gasteiger partial charge >= 0.3 is 0 Å². The SMILES string of the molecule is CN1C(=O)c2ccccc2OC1(C(C)(C)C)C(C)(C)C. The molecule has 3 nitrogen and oxygen atoms in total. The summed E-state index contributed by atoms with van der Waals surface area (Å²) in [6.45, 7) is 12.7. The zero-order valence-corrected chi connectivity index (χ0v) is 13.6. The molecule has 0 unspecified atom stereocenters. The average molecular weight is 275 g/mol. The van der Waals surface area contributed by atoms with Gasteiger partial charge in [-0.2, -0.15) is 0 Å². The van der Waals surface area contributed by atoms with Crippen molar-refractivity contribution < 1.29 is 9.53 Å². The van der Waals surface area contributed by atoms with Gasteiger partial charge in [0.15, 0.2) is 5.72 Å². The number of rotatable bonds is 0. The Bertz CT molecular complexity index is 521. The molecule has 0 fully saturated rings. The van der Waals surface area contributed by atoms with Gasteiger partial charge < -0.3 is 9.64 Å². The maximum atomic E-state index is 12.8. The molecule has 0 aliphatic carbocycles. The molecule has 20 heavy (non-hydrogen) atoms. The maximum absolute atomic E-state index is 12.8. The number of ether oxygens (including phenoxy) is 1. The third-order valence-electron chi connectivity index (χ3n) is 4.19. The van der Waals surface area contributed by atoms with Crippen molar-refractivity contribution in [2.45, 2.75) is 47.3 Å². The van der Waals surface area contributed by atoms with Crippen LogP contribution in [-0.4, -0.2) is 23.6 Å². The van der Waals surface area contributed by atoms with Gasteiger partial charge in [0.05, 0.1) is 5.56 Å². The minimum absolute atomic E-state index is 0.0247. The fourth-order valence-corrected chi connectivity index (χ4v) is 3.72. The molecule has 0 bridgehead atoms. The summed E-state index contributed by atoms with van der Waals surface area (Å²) in [5.74, 6) is 0.706. The molecular weight excluding hydrogens is 250 g/mol. The van der Waals surface area contributed by atoms with Crippen LogP contribution < -0.4 is 4.74 Å². The van der Waals surface area contributed by atoms with Crippen LogP contribution in [0.2, 0.25) is 0 Å². The van der Waals surface area contributed by atoms with Gasteiger partial charge in [-0.25, -0.2) is 0 Å². The van der Waals surface area contributed by atoms with E-state index in [9.17, 15) is 4.79 Å². The molecule has 2 rings (SSSR count). The number of hydrogen-bond acceptors (Lipinski definition) is 2. The lowest BCUT2D eigenvalue weighted by atomic mass is 9.66. The summed E-state index contributed by atoms with van der Waals surface area (Å²) in [6.07, 6.45) is 0. The van der Waals surface area contributed by atoms with E-state index >= 15 is 0 Å². The van der Waals surface area contributed by atoms with Crippen molar-refractivity contribution in [2.24, 2.45) is 10.8 Å². The first-order chi connectivity index (χ1) is 9.02. The topological polar surface area (TPSA) is 29.5 Å². The molecule has 0 spiro atoms. The number of amides is 1. The highest BCUT2D eigenvalue weighted by atomic mass is 16.5. The first kappa shape index (κ1) is 14.9. The van der Waals surface area contributed by atoms with Crippen molar-refractivity contribution in [3.63, 3.8) is 0 Å². The minimum Gasteiger partial charge on any atom is -0.466 e. The Hall–Kier alpha value is -1.51. The number of fused-ring (bicyclic) bond motifs is 1. The van der Waals surface area contributed by atoms with Gasteiger partial charge in [0.2, 0.25) is 0 Å². The standard InChI is InChI=1S/C17H25NO2/c1-15(2,3)17(16(4,5)6)18(7)14(19)12-10-8-9-11-13(12)20-17/h8-11H,1-7H3. The second kappa shape index (κ2) is 4.24. The number of para-hydroxylation sites is 1. The zero-order chi connectivity index (χ0) is 15.3. The van der Waals surface area contributed by atoms with Crippen molar-refractivity contribution in [2.75, 3.05) is 7.05 Å². The highest BCUT2D eigenvalue weighted by Crippen LogP contribution is 2.51. The van der Waals surface area contributed by atoms with Crippen LogP contribution in [0.15, 0.2) is 24.3 Å². The quantitative estimate of drug-likeness (QED) is 0.717. The number of hydrogen-bond donors (Lipinski definition) is 0. The van der Waals surface area contributed by atoms with Crippen LogP contribution in [0.3, 0.4) is 0 Å². The lowest BCUT2D eigenvalue weighted by molar-refractivity contribution is -0.200. The van der Waals surface area contributed by atoms with Crippen LogP contribution >= 0.6 is 0 Å². The van der Waals surface area contributed by atoms with Crippen molar-refractivity contribution in [3.8, 4) is 5.75 Å². The summed E-state index contributed by atoms with van der Waals surface area (Å²) in [5, 5.41) is 0. The van der Waals surface area contributed by atoms with E-state index in [4.69, 9.17) is 4.74 Å². The van der Waals surface area contributed by atoms with Crippen LogP contribution in [0.25, 0.3) is 0 Å². The van der Waals surface area contributed by atoms with Gasteiger partial charge in [-0.1, -0.05) is 53.7 Å². The van der Waals surface area contributed by atoms with Gasteiger partial charge in [-0.15, -0.1) is 0 Å². The van der Waals surface area contributed by atoms with Crippen LogP contribution in [0.1, 0.15) is 51.9 Å². The highest BCUT2D eigenvalue weighted by Gasteiger charge is 2.59. The van der Waals surface area contributed by atoms with E-state index in [0.717, 1.165) is 0 Å². The third kappa shape index (κ3) is 1.83. The smallest absolute Gasteiger partial charge is 0.260 e. The Labute approximate surface area is 121 Å². The summed E-state index contributed by atoms with van der Waals surface area (Å²) in [4.78, 5) is 14.5. The first-order valence-corrected chi connectivity index (χ1v) is 7.08. The van der Waals surface area contributed by atoms with Crippen molar-refractivity contribution in [1.82, 2.24) is 4.90 Å². The molecule has 0 radical (unpaired) electrons. The van der Waals surface area contributed by atoms with Gasteiger partial charge in [0.1, 0.15) is 5.75 Å². The molecule has 3 heteroatoms. The zero-order valence-electron chi connectivity index (χ0n) is 13.6. The predicted octanol–water partition coefficient (Wildman–Crippen LogP) is 3.94. The van der Waals surface area contributed by atoms with Crippen LogP contribution in [-0.2, 0) is 0 Å². The highest BCUT2D eigenvalue weighted by molar-refractivity contribution is 5.98. The molecule has 1 aliphatic heterocycles. The summed E-state index contributed by atoms with van der Waals surface area (Å²) in [5.41, 5.74) is -0.489. The van der Waals surface area contributed by atoms with Gasteiger partial charge in [0.25, 0.3) is 5.91 Å². The van der Waals surface area contributed by atoms with Gasteiger partial charge in [-0.3, -0.25) is 4.79 Å². The Morgan fingerprint density at radius 3 is 2.00 bits per heavy atom. The molecule has 1 aromatic rings. The largest absolute Gasteiger partial charge is 0.466 e. The average Bonchev–Trinajstić information content (AvgIpc) is 2.30. The molecule has 0 atom stereocenters. The molecule has 1 aliphatic rings. The van der Waals surface area contributed by atoms with Crippen LogP contribution in [0.4, 0.5) is 0 Å². The molecule has 0 N–H and O–H groups in total. The molecule has 0 aromatic heterocycles. The molecule has 1 aromatic carbocycles. The van der Waals surface area contributed by atoms with Crippen LogP contribution in [0, 0.1) is 10.8 Å². The Balaban J connectivity index is 2.71. The van der Waals surface area contributed by atoms with Crippen molar-refractivity contribution in [1.29, 1.82) is 0 Å². The fraction of sp³-hybridized carbons (Fsp3) is 0.588. The fourth-order valence-electron chi connectivity index (χ4n) is 3.72. The first-order valence-electron chi connectivity index (χ1n) is 7.08. The lowest BCUT2D eigenvalue weighted by Gasteiger charge is -2.58. The van der Waals surface area contributed by atoms with E-state index in [1.165, 1.54) is 0 Å². The third-order valence-corrected chi connectivity index (χ3v) is 4.19. The Kier molecular flexibility index (Phi) is 3.16. The lowest BCUT2D eigenvalue weighted by Crippen LogP contribution is -2.70. The van der Waals surface area contributed by atoms with Crippen LogP contribution in [0.5, 0.6) is 5.75 Å². The summed E-state index contributed by atoms with van der Waals surface area (Å²) < 4.78 is 6.44. The van der Waals surface area contributed by atoms with E-state index in [2.05, 4.69) is 41.5 Å². The Morgan fingerprint density at radius 1 is 1.00 bits per heavy atom. The molecule has 1 amide bonds. The van der Waals surface area contributed by atoms with E-state index in [1.54, 1.807) is 4.90 Å². The number of nitrogens with zero attached hydrogens (tertiary/aromatic N) is 1. The maximum Gasteiger partial charge on any atom is 0.260 e. The second-order valence-electron chi connectivity index (χ2n) is 7.61. The van der Waals surface area contributed by atoms with E-state index in [-0.39, 0.29) is 16.7 Å². The molecule has 110 valence electrons. The number of carbonyl (C=O) groups excluding carboxylic acids is 1. The second-order valence-corrected chi connectivity index (χ2v) is 7.61. The monoisotopic (exact) mass is 275 g/mol. The molecule has 0 saturated carbocycles. The van der Waals surface area contributed by atoms with Gasteiger partial charge in [-0.05, 0) is 12.1 Å². The molecule has 0 saturated heterocycles. The summed E-state index contributed by atoms with van der Waals surface area (Å²) >= 11 is 0. The van der Waals surface area contributed by atoms with Crippen molar-refractivity contribution in [3.05, 3.63) is 29.8 Å². The summed E-state index contributed by atoms with van der Waals surface area (Å²) in [6, 6.07) is 7.48.